The molecule has 96 valence electrons. The largest absolute Gasteiger partial charge is 0.478 e. The zero-order valence-electron chi connectivity index (χ0n) is 9.19. The van der Waals surface area contributed by atoms with Gasteiger partial charge in [0.05, 0.1) is 16.6 Å². The van der Waals surface area contributed by atoms with Crippen LogP contribution in [0.15, 0.2) is 18.6 Å². The van der Waals surface area contributed by atoms with E-state index in [-0.39, 0.29) is 16.5 Å². The maximum Gasteiger partial charge on any atom is 0.338 e. The van der Waals surface area contributed by atoms with Gasteiger partial charge in [0.2, 0.25) is 0 Å². The van der Waals surface area contributed by atoms with E-state index in [4.69, 9.17) is 15.3 Å². The highest BCUT2D eigenvalue weighted by atomic mass is 16.4. The summed E-state index contributed by atoms with van der Waals surface area (Å²) >= 11 is 0. The van der Waals surface area contributed by atoms with Crippen molar-refractivity contribution in [2.45, 2.75) is 0 Å². The minimum absolute atomic E-state index is 0.0302. The van der Waals surface area contributed by atoms with E-state index in [1.54, 1.807) is 0 Å². The topological polar surface area (TPSA) is 138 Å². The van der Waals surface area contributed by atoms with Crippen LogP contribution in [-0.2, 0) is 0 Å². The fourth-order valence-corrected chi connectivity index (χ4v) is 1.71. The Morgan fingerprint density at radius 2 is 1.58 bits per heavy atom. The molecular formula is C11H6N2O6. The van der Waals surface area contributed by atoms with Gasteiger partial charge in [0, 0.05) is 11.6 Å². The van der Waals surface area contributed by atoms with Crippen LogP contribution in [0.5, 0.6) is 0 Å². The Labute approximate surface area is 105 Å². The summed E-state index contributed by atoms with van der Waals surface area (Å²) in [6.07, 6.45) is 2.15. The molecule has 3 N–H and O–H groups in total. The third-order valence-corrected chi connectivity index (χ3v) is 2.47. The van der Waals surface area contributed by atoms with Crippen LogP contribution in [0.1, 0.15) is 31.1 Å². The van der Waals surface area contributed by atoms with Crippen LogP contribution in [0.4, 0.5) is 0 Å². The molecule has 2 rings (SSSR count). The van der Waals surface area contributed by atoms with Crippen molar-refractivity contribution in [1.29, 1.82) is 0 Å². The summed E-state index contributed by atoms with van der Waals surface area (Å²) in [5.74, 6) is -4.43. The third-order valence-electron chi connectivity index (χ3n) is 2.47. The first-order chi connectivity index (χ1) is 8.93. The maximum absolute atomic E-state index is 11.2. The second-order valence-electron chi connectivity index (χ2n) is 3.55. The number of benzene rings is 1. The van der Waals surface area contributed by atoms with E-state index >= 15 is 0 Å². The molecule has 8 nitrogen and oxygen atoms in total. The predicted octanol–water partition coefficient (Wildman–Crippen LogP) is 0.724. The third kappa shape index (κ3) is 1.95. The Bertz CT molecular complexity index is 724. The van der Waals surface area contributed by atoms with E-state index in [1.165, 1.54) is 0 Å². The summed E-state index contributed by atoms with van der Waals surface area (Å²) in [7, 11) is 0. The van der Waals surface area contributed by atoms with Gasteiger partial charge in [0.25, 0.3) is 0 Å². The van der Waals surface area contributed by atoms with Gasteiger partial charge in [-0.2, -0.15) is 0 Å². The molecule has 0 saturated heterocycles. The Balaban J connectivity index is 3.03. The Hall–Kier alpha value is -3.03. The quantitative estimate of drug-likeness (QED) is 0.735. The standard InChI is InChI=1S/C11H6N2O6/c14-9(15)4-1-5(10(16)17)7(11(18)19)8-6(4)2-12-3-13-8/h1-3H,(H,14,15)(H,16,17)(H,18,19). The number of aromatic nitrogens is 2. The highest BCUT2D eigenvalue weighted by Crippen LogP contribution is 2.24. The average Bonchev–Trinajstić information content (AvgIpc) is 2.35. The van der Waals surface area contributed by atoms with Gasteiger partial charge in [-0.25, -0.2) is 24.4 Å². The molecule has 19 heavy (non-hydrogen) atoms. The SMILES string of the molecule is O=C(O)c1cc(C(=O)O)c2cncnc2c1C(=O)O. The minimum atomic E-state index is -1.54. The summed E-state index contributed by atoms with van der Waals surface area (Å²) < 4.78 is 0. The molecule has 0 bridgehead atoms. The molecule has 0 amide bonds. The van der Waals surface area contributed by atoms with Crippen molar-refractivity contribution < 1.29 is 29.7 Å². The van der Waals surface area contributed by atoms with E-state index in [0.29, 0.717) is 0 Å². The number of aromatic carboxylic acids is 3. The smallest absolute Gasteiger partial charge is 0.338 e. The zero-order valence-corrected chi connectivity index (χ0v) is 9.19. The van der Waals surface area contributed by atoms with Crippen LogP contribution < -0.4 is 0 Å². The van der Waals surface area contributed by atoms with E-state index in [1.807, 2.05) is 0 Å². The van der Waals surface area contributed by atoms with E-state index in [9.17, 15) is 14.4 Å². The first kappa shape index (κ1) is 12.4. The number of carboxylic acid groups (broad SMARTS) is 3. The first-order valence-corrected chi connectivity index (χ1v) is 4.90. The monoisotopic (exact) mass is 262 g/mol. The first-order valence-electron chi connectivity index (χ1n) is 4.90. The van der Waals surface area contributed by atoms with Crippen molar-refractivity contribution in [3.63, 3.8) is 0 Å². The highest BCUT2D eigenvalue weighted by molar-refractivity contribution is 6.15. The van der Waals surface area contributed by atoms with Crippen LogP contribution in [-0.4, -0.2) is 43.2 Å². The lowest BCUT2D eigenvalue weighted by atomic mass is 9.99. The van der Waals surface area contributed by atoms with Crippen LogP contribution >= 0.6 is 0 Å². The molecule has 0 aliphatic rings. The molecule has 2 aromatic rings. The predicted molar refractivity (Wildman–Crippen MR) is 60.4 cm³/mol. The Kier molecular flexibility index (Phi) is 2.83. The van der Waals surface area contributed by atoms with Crippen LogP contribution in [0.2, 0.25) is 0 Å². The van der Waals surface area contributed by atoms with Crippen LogP contribution in [0.3, 0.4) is 0 Å². The van der Waals surface area contributed by atoms with Crippen molar-refractivity contribution >= 4 is 28.8 Å². The molecule has 0 saturated carbocycles. The van der Waals surface area contributed by atoms with E-state index in [2.05, 4.69) is 9.97 Å². The molecule has 0 spiro atoms. The molecule has 0 radical (unpaired) electrons. The van der Waals surface area contributed by atoms with Crippen molar-refractivity contribution in [1.82, 2.24) is 9.97 Å². The lowest BCUT2D eigenvalue weighted by Gasteiger charge is -2.08. The molecular weight excluding hydrogens is 256 g/mol. The van der Waals surface area contributed by atoms with E-state index < -0.39 is 29.0 Å². The van der Waals surface area contributed by atoms with Crippen LogP contribution in [0.25, 0.3) is 10.9 Å². The number of hydrogen-bond acceptors (Lipinski definition) is 5. The van der Waals surface area contributed by atoms with Gasteiger partial charge in [-0.05, 0) is 6.07 Å². The summed E-state index contributed by atoms with van der Waals surface area (Å²) in [6, 6.07) is 0.791. The van der Waals surface area contributed by atoms with Crippen molar-refractivity contribution in [2.24, 2.45) is 0 Å². The second kappa shape index (κ2) is 4.33. The van der Waals surface area contributed by atoms with Gasteiger partial charge < -0.3 is 15.3 Å². The number of nitrogens with zero attached hydrogens (tertiary/aromatic N) is 2. The molecule has 0 aliphatic carbocycles. The number of carboxylic acids is 3. The number of carbonyl (C=O) groups is 3. The zero-order chi connectivity index (χ0) is 14.2. The van der Waals surface area contributed by atoms with Crippen molar-refractivity contribution in [3.05, 3.63) is 35.3 Å². The maximum atomic E-state index is 11.2. The number of fused-ring (bicyclic) bond motifs is 1. The summed E-state index contributed by atoms with van der Waals surface area (Å²) in [5.41, 5.74) is -1.77. The fraction of sp³-hybridized carbons (Fsp3) is 0. The highest BCUT2D eigenvalue weighted by Gasteiger charge is 2.24. The number of hydrogen-bond donors (Lipinski definition) is 3. The van der Waals surface area contributed by atoms with Gasteiger partial charge in [-0.15, -0.1) is 0 Å². The van der Waals surface area contributed by atoms with Crippen molar-refractivity contribution in [3.8, 4) is 0 Å². The molecule has 0 fully saturated rings. The second-order valence-corrected chi connectivity index (χ2v) is 3.55. The number of rotatable bonds is 3. The minimum Gasteiger partial charge on any atom is -0.478 e. The summed E-state index contributed by atoms with van der Waals surface area (Å²) in [4.78, 5) is 40.6. The van der Waals surface area contributed by atoms with Gasteiger partial charge >= 0.3 is 17.9 Å². The molecule has 1 aromatic carbocycles. The Morgan fingerprint density at radius 1 is 0.947 bits per heavy atom. The Morgan fingerprint density at radius 3 is 2.11 bits per heavy atom. The van der Waals surface area contributed by atoms with Gasteiger partial charge in [-0.3, -0.25) is 0 Å². The molecule has 0 unspecified atom stereocenters. The van der Waals surface area contributed by atoms with Gasteiger partial charge in [-0.1, -0.05) is 0 Å². The fourth-order valence-electron chi connectivity index (χ4n) is 1.71. The lowest BCUT2D eigenvalue weighted by Crippen LogP contribution is -2.13. The van der Waals surface area contributed by atoms with Crippen molar-refractivity contribution in [2.75, 3.05) is 0 Å². The summed E-state index contributed by atoms with van der Waals surface area (Å²) in [6.45, 7) is 0. The summed E-state index contributed by atoms with van der Waals surface area (Å²) in [5, 5.41) is 27.0. The van der Waals surface area contributed by atoms with Gasteiger partial charge in [0.1, 0.15) is 11.9 Å². The average molecular weight is 262 g/mol. The van der Waals surface area contributed by atoms with Gasteiger partial charge in [0.15, 0.2) is 0 Å². The normalized spacial score (nSPS) is 10.3. The molecule has 0 aliphatic heterocycles. The van der Waals surface area contributed by atoms with E-state index in [0.717, 1.165) is 18.6 Å². The molecule has 1 aromatic heterocycles. The lowest BCUT2D eigenvalue weighted by molar-refractivity contribution is 0.0651. The van der Waals surface area contributed by atoms with Crippen LogP contribution in [0, 0.1) is 0 Å². The molecule has 1 heterocycles. The molecule has 0 atom stereocenters. The molecule has 8 heteroatoms.